The van der Waals surface area contributed by atoms with Crippen molar-refractivity contribution < 1.29 is 10.0 Å². The first-order valence-corrected chi connectivity index (χ1v) is 5.80. The zero-order chi connectivity index (χ0) is 13.1. The number of aliphatic hydroxyl groups is 1. The molecule has 0 spiro atoms. The number of aromatic nitrogens is 1. The molecule has 0 bridgehead atoms. The summed E-state index contributed by atoms with van der Waals surface area (Å²) in [5, 5.41) is 22.8. The molecule has 1 aromatic rings. The highest BCUT2D eigenvalue weighted by Crippen LogP contribution is 2.26. The van der Waals surface area contributed by atoms with Crippen molar-refractivity contribution in [3.05, 3.63) is 26.9 Å². The second-order valence-corrected chi connectivity index (χ2v) is 5.37. The van der Waals surface area contributed by atoms with Gasteiger partial charge in [0.05, 0.1) is 4.47 Å². The highest BCUT2D eigenvalue weighted by Gasteiger charge is 2.20. The summed E-state index contributed by atoms with van der Waals surface area (Å²) in [7, 11) is 0. The van der Waals surface area contributed by atoms with E-state index >= 15 is 0 Å². The predicted octanol–water partition coefficient (Wildman–Crippen LogP) is 2.18. The third kappa shape index (κ3) is 3.94. The maximum Gasteiger partial charge on any atom is 0.386 e. The number of pyridine rings is 1. The lowest BCUT2D eigenvalue weighted by Gasteiger charge is -2.22. The molecular weight excluding hydrogens is 290 g/mol. The molecule has 0 aromatic carbocycles. The van der Waals surface area contributed by atoms with Crippen molar-refractivity contribution in [2.45, 2.75) is 13.8 Å². The molecule has 0 amide bonds. The third-order valence-electron chi connectivity index (χ3n) is 2.19. The molecular formula is C10H14BrN3O3. The van der Waals surface area contributed by atoms with Crippen LogP contribution in [-0.4, -0.2) is 28.2 Å². The van der Waals surface area contributed by atoms with Gasteiger partial charge < -0.3 is 20.5 Å². The molecule has 0 radical (unpaired) electrons. The van der Waals surface area contributed by atoms with Crippen LogP contribution in [0.1, 0.15) is 13.8 Å². The summed E-state index contributed by atoms with van der Waals surface area (Å²) >= 11 is 3.21. The van der Waals surface area contributed by atoms with E-state index in [-0.39, 0.29) is 17.8 Å². The first-order valence-electron chi connectivity index (χ1n) is 5.00. The van der Waals surface area contributed by atoms with Gasteiger partial charge in [-0.1, -0.05) is 13.8 Å². The summed E-state index contributed by atoms with van der Waals surface area (Å²) in [5.74, 6) is -0.220. The van der Waals surface area contributed by atoms with Crippen molar-refractivity contribution in [2.24, 2.45) is 5.41 Å². The molecule has 0 aliphatic heterocycles. The van der Waals surface area contributed by atoms with E-state index in [1.165, 1.54) is 6.20 Å². The fourth-order valence-corrected chi connectivity index (χ4v) is 1.43. The van der Waals surface area contributed by atoms with Gasteiger partial charge in [-0.3, -0.25) is 0 Å². The molecule has 17 heavy (non-hydrogen) atoms. The van der Waals surface area contributed by atoms with Gasteiger partial charge in [-0.2, -0.15) is 0 Å². The Morgan fingerprint density at radius 1 is 1.65 bits per heavy atom. The molecule has 6 nitrogen and oxygen atoms in total. The monoisotopic (exact) mass is 303 g/mol. The predicted molar refractivity (Wildman–Crippen MR) is 67.9 cm³/mol. The molecule has 1 heterocycles. The van der Waals surface area contributed by atoms with E-state index in [9.17, 15) is 10.1 Å². The van der Waals surface area contributed by atoms with Crippen LogP contribution in [0.3, 0.4) is 0 Å². The fraction of sp³-hybridized carbons (Fsp3) is 0.500. The van der Waals surface area contributed by atoms with E-state index in [1.807, 2.05) is 13.8 Å². The van der Waals surface area contributed by atoms with Gasteiger partial charge in [-0.15, -0.1) is 0 Å². The second kappa shape index (κ2) is 5.42. The van der Waals surface area contributed by atoms with Gasteiger partial charge in [0.15, 0.2) is 6.20 Å². The van der Waals surface area contributed by atoms with E-state index in [1.54, 1.807) is 6.07 Å². The Balaban J connectivity index is 2.89. The number of nitrogens with zero attached hydrogens (tertiary/aromatic N) is 2. The van der Waals surface area contributed by atoms with Crippen LogP contribution in [0.2, 0.25) is 0 Å². The smallest absolute Gasteiger partial charge is 0.386 e. The quantitative estimate of drug-likeness (QED) is 0.643. The lowest BCUT2D eigenvalue weighted by atomic mass is 9.95. The van der Waals surface area contributed by atoms with Crippen LogP contribution in [0.15, 0.2) is 16.7 Å². The largest absolute Gasteiger partial charge is 0.396 e. The van der Waals surface area contributed by atoms with Gasteiger partial charge in [-0.05, 0) is 31.9 Å². The molecule has 94 valence electrons. The Kier molecular flexibility index (Phi) is 4.41. The minimum Gasteiger partial charge on any atom is -0.396 e. The van der Waals surface area contributed by atoms with Crippen molar-refractivity contribution >= 4 is 27.4 Å². The normalized spacial score (nSPS) is 11.3. The molecule has 0 fully saturated rings. The van der Waals surface area contributed by atoms with Crippen LogP contribution in [-0.2, 0) is 0 Å². The second-order valence-electron chi connectivity index (χ2n) is 4.46. The molecule has 1 aromatic heterocycles. The number of anilines is 1. The summed E-state index contributed by atoms with van der Waals surface area (Å²) < 4.78 is 0.660. The lowest BCUT2D eigenvalue weighted by molar-refractivity contribution is -0.388. The summed E-state index contributed by atoms with van der Waals surface area (Å²) in [5.41, 5.74) is -0.0122. The fourth-order valence-electron chi connectivity index (χ4n) is 1.10. The van der Waals surface area contributed by atoms with Crippen LogP contribution in [0, 0.1) is 15.5 Å². The lowest BCUT2D eigenvalue weighted by Crippen LogP contribution is -2.27. The van der Waals surface area contributed by atoms with E-state index in [2.05, 4.69) is 26.2 Å². The van der Waals surface area contributed by atoms with Crippen molar-refractivity contribution in [1.29, 1.82) is 0 Å². The topological polar surface area (TPSA) is 88.3 Å². The van der Waals surface area contributed by atoms with Gasteiger partial charge in [-0.25, -0.2) is 0 Å². The Hall–Kier alpha value is -1.21. The van der Waals surface area contributed by atoms with Crippen molar-refractivity contribution in [3.63, 3.8) is 0 Å². The molecule has 0 atom stereocenters. The zero-order valence-electron chi connectivity index (χ0n) is 9.61. The maximum atomic E-state index is 10.8. The number of hydrogen-bond donors (Lipinski definition) is 2. The van der Waals surface area contributed by atoms with Gasteiger partial charge in [0.1, 0.15) is 5.69 Å². The minimum atomic E-state index is -0.541. The highest BCUT2D eigenvalue weighted by molar-refractivity contribution is 9.10. The van der Waals surface area contributed by atoms with Crippen LogP contribution in [0.5, 0.6) is 0 Å². The number of hydrogen-bond acceptors (Lipinski definition) is 5. The minimum absolute atomic E-state index is 0.00473. The Morgan fingerprint density at radius 2 is 2.29 bits per heavy atom. The molecule has 0 saturated carbocycles. The van der Waals surface area contributed by atoms with Crippen molar-refractivity contribution in [3.8, 4) is 0 Å². The molecule has 0 unspecified atom stereocenters. The number of nitrogens with one attached hydrogen (secondary N) is 1. The number of halogens is 1. The van der Waals surface area contributed by atoms with Gasteiger partial charge in [0.25, 0.3) is 0 Å². The van der Waals surface area contributed by atoms with Gasteiger partial charge >= 0.3 is 5.82 Å². The summed E-state index contributed by atoms with van der Waals surface area (Å²) in [6.45, 7) is 4.13. The molecule has 0 aliphatic carbocycles. The number of rotatable bonds is 5. The standard InChI is InChI=1S/C10H14BrN3O3/c1-10(2,6-15)5-13-8-3-7(11)4-12-9(8)14(16)17/h3-4,13,15H,5-6H2,1-2H3. The first-order chi connectivity index (χ1) is 7.85. The molecule has 0 aliphatic rings. The average molecular weight is 304 g/mol. The van der Waals surface area contributed by atoms with Crippen LogP contribution < -0.4 is 5.32 Å². The van der Waals surface area contributed by atoms with Gasteiger partial charge in [0, 0.05) is 18.6 Å². The zero-order valence-corrected chi connectivity index (χ0v) is 11.2. The van der Waals surface area contributed by atoms with Crippen molar-refractivity contribution in [2.75, 3.05) is 18.5 Å². The molecule has 7 heteroatoms. The van der Waals surface area contributed by atoms with E-state index in [0.29, 0.717) is 16.7 Å². The molecule has 1 rings (SSSR count). The number of nitro groups is 1. The SMILES string of the molecule is CC(C)(CO)CNc1cc(Br)cnc1[N+](=O)[O-]. The van der Waals surface area contributed by atoms with Crippen LogP contribution in [0.4, 0.5) is 11.5 Å². The van der Waals surface area contributed by atoms with E-state index in [0.717, 1.165) is 0 Å². The highest BCUT2D eigenvalue weighted by atomic mass is 79.9. The van der Waals surface area contributed by atoms with E-state index in [4.69, 9.17) is 5.11 Å². The maximum absolute atomic E-state index is 10.8. The summed E-state index contributed by atoms with van der Waals surface area (Å²) in [4.78, 5) is 14.0. The molecule has 2 N–H and O–H groups in total. The summed E-state index contributed by atoms with van der Waals surface area (Å²) in [6.07, 6.45) is 1.38. The van der Waals surface area contributed by atoms with Gasteiger partial charge in [0.2, 0.25) is 0 Å². The van der Waals surface area contributed by atoms with Crippen molar-refractivity contribution in [1.82, 2.24) is 4.98 Å². The molecule has 0 saturated heterocycles. The first kappa shape index (κ1) is 13.9. The van der Waals surface area contributed by atoms with E-state index < -0.39 is 4.92 Å². The summed E-state index contributed by atoms with van der Waals surface area (Å²) in [6, 6.07) is 1.60. The Bertz CT molecular complexity index is 423. The third-order valence-corrected chi connectivity index (χ3v) is 2.63. The van der Waals surface area contributed by atoms with Crippen LogP contribution in [0.25, 0.3) is 0 Å². The average Bonchev–Trinajstić information content (AvgIpc) is 2.26. The number of aliphatic hydroxyl groups excluding tert-OH is 1. The van der Waals surface area contributed by atoms with Crippen LogP contribution >= 0.6 is 15.9 Å². The Morgan fingerprint density at radius 3 is 2.82 bits per heavy atom. The Labute approximate surface area is 107 Å².